The number of piperidine rings is 1. The lowest BCUT2D eigenvalue weighted by atomic mass is 9.79. The monoisotopic (exact) mass is 398 g/mol. The quantitative estimate of drug-likeness (QED) is 0.796. The van der Waals surface area contributed by atoms with Crippen LogP contribution in [0, 0.1) is 23.1 Å². The number of nitrogens with zero attached hydrogens (tertiary/aromatic N) is 2. The standard InChI is InChI=1S/C23H27FN2OS/c24-22-7-2-1-5-19(22)15-25-12-4-10-23(17-25)11-13-26(18-23)16-21-9-8-20(28-21)6-3-14-27/h1-2,5,7-9,27H,4,10-18H2/t23-/m1/s1. The number of rotatable bonds is 4. The van der Waals surface area contributed by atoms with Gasteiger partial charge in [-0.2, -0.15) is 0 Å². The molecule has 28 heavy (non-hydrogen) atoms. The smallest absolute Gasteiger partial charge is 0.127 e. The Morgan fingerprint density at radius 2 is 1.86 bits per heavy atom. The average molecular weight is 399 g/mol. The van der Waals surface area contributed by atoms with Crippen molar-refractivity contribution in [3.63, 3.8) is 0 Å². The zero-order chi connectivity index (χ0) is 19.4. The van der Waals surface area contributed by atoms with E-state index >= 15 is 0 Å². The largest absolute Gasteiger partial charge is 0.384 e. The van der Waals surface area contributed by atoms with E-state index in [0.29, 0.717) is 12.0 Å². The van der Waals surface area contributed by atoms with Gasteiger partial charge in [0.05, 0.1) is 4.88 Å². The molecule has 0 saturated carbocycles. The van der Waals surface area contributed by atoms with E-state index in [9.17, 15) is 4.39 Å². The van der Waals surface area contributed by atoms with Gasteiger partial charge < -0.3 is 5.11 Å². The molecule has 0 amide bonds. The van der Waals surface area contributed by atoms with E-state index in [0.717, 1.165) is 43.2 Å². The van der Waals surface area contributed by atoms with Crippen molar-refractivity contribution in [2.75, 3.05) is 32.8 Å². The fourth-order valence-corrected chi connectivity index (χ4v) is 5.61. The predicted molar refractivity (Wildman–Crippen MR) is 112 cm³/mol. The minimum absolute atomic E-state index is 0.0898. The molecule has 2 saturated heterocycles. The Hall–Kier alpha value is -1.71. The summed E-state index contributed by atoms with van der Waals surface area (Å²) in [5.74, 6) is 5.62. The molecule has 1 aromatic carbocycles. The van der Waals surface area contributed by atoms with Gasteiger partial charge in [0.15, 0.2) is 0 Å². The van der Waals surface area contributed by atoms with Crippen molar-refractivity contribution in [2.45, 2.75) is 32.4 Å². The fourth-order valence-electron chi connectivity index (χ4n) is 4.69. The zero-order valence-corrected chi connectivity index (χ0v) is 17.0. The first-order valence-corrected chi connectivity index (χ1v) is 10.8. The third-order valence-electron chi connectivity index (χ3n) is 5.94. The van der Waals surface area contributed by atoms with Gasteiger partial charge in [0.25, 0.3) is 0 Å². The van der Waals surface area contributed by atoms with Crippen LogP contribution in [0.2, 0.25) is 0 Å². The number of aliphatic hydroxyl groups excluding tert-OH is 1. The highest BCUT2D eigenvalue weighted by Crippen LogP contribution is 2.40. The molecule has 2 fully saturated rings. The molecule has 3 nitrogen and oxygen atoms in total. The summed E-state index contributed by atoms with van der Waals surface area (Å²) >= 11 is 1.72. The Kier molecular flexibility index (Phi) is 6.13. The van der Waals surface area contributed by atoms with Crippen LogP contribution in [0.1, 0.15) is 34.6 Å². The number of aliphatic hydroxyl groups is 1. The predicted octanol–water partition coefficient (Wildman–Crippen LogP) is 3.72. The number of likely N-dealkylation sites (tertiary alicyclic amines) is 2. The summed E-state index contributed by atoms with van der Waals surface area (Å²) in [5.41, 5.74) is 1.16. The van der Waals surface area contributed by atoms with Crippen LogP contribution in [-0.2, 0) is 13.1 Å². The first-order chi connectivity index (χ1) is 13.7. The van der Waals surface area contributed by atoms with Gasteiger partial charge in [-0.15, -0.1) is 11.3 Å². The van der Waals surface area contributed by atoms with Crippen molar-refractivity contribution >= 4 is 11.3 Å². The highest BCUT2D eigenvalue weighted by Gasteiger charge is 2.41. The maximum Gasteiger partial charge on any atom is 0.127 e. The van der Waals surface area contributed by atoms with Gasteiger partial charge in [-0.05, 0) is 56.0 Å². The van der Waals surface area contributed by atoms with E-state index in [4.69, 9.17) is 5.11 Å². The SMILES string of the molecule is OCC#Cc1ccc(CN2CC[C@@]3(CCCN(Cc4ccccc4F)C3)C2)s1. The maximum absolute atomic E-state index is 14.0. The molecule has 3 heterocycles. The average Bonchev–Trinajstić information content (AvgIpc) is 3.29. The van der Waals surface area contributed by atoms with Gasteiger partial charge in [-0.1, -0.05) is 30.0 Å². The summed E-state index contributed by atoms with van der Waals surface area (Å²) < 4.78 is 14.0. The Balaban J connectivity index is 1.35. The van der Waals surface area contributed by atoms with Crippen LogP contribution in [0.3, 0.4) is 0 Å². The van der Waals surface area contributed by atoms with Gasteiger partial charge >= 0.3 is 0 Å². The van der Waals surface area contributed by atoms with E-state index in [1.807, 2.05) is 18.2 Å². The first-order valence-electron chi connectivity index (χ1n) is 10.0. The number of halogens is 1. The molecule has 2 aliphatic heterocycles. The number of thiophene rings is 1. The minimum atomic E-state index is -0.0920. The van der Waals surface area contributed by atoms with Gasteiger partial charge in [0.2, 0.25) is 0 Å². The van der Waals surface area contributed by atoms with Crippen LogP contribution in [0.15, 0.2) is 36.4 Å². The van der Waals surface area contributed by atoms with E-state index in [2.05, 4.69) is 27.7 Å². The summed E-state index contributed by atoms with van der Waals surface area (Å²) in [6.07, 6.45) is 3.69. The Morgan fingerprint density at radius 1 is 1.04 bits per heavy atom. The molecule has 2 aromatic rings. The topological polar surface area (TPSA) is 26.7 Å². The molecule has 0 radical (unpaired) electrons. The Bertz CT molecular complexity index is 871. The van der Waals surface area contributed by atoms with Gasteiger partial charge in [0, 0.05) is 36.6 Å². The third kappa shape index (κ3) is 4.64. The van der Waals surface area contributed by atoms with E-state index in [1.54, 1.807) is 23.5 Å². The summed E-state index contributed by atoms with van der Waals surface area (Å²) in [4.78, 5) is 7.35. The van der Waals surface area contributed by atoms with Crippen molar-refractivity contribution in [3.05, 3.63) is 57.5 Å². The van der Waals surface area contributed by atoms with Gasteiger partial charge in [0.1, 0.15) is 12.4 Å². The number of hydrogen-bond acceptors (Lipinski definition) is 4. The molecular formula is C23H27FN2OS. The third-order valence-corrected chi connectivity index (χ3v) is 6.93. The second kappa shape index (κ2) is 8.75. The number of benzene rings is 1. The Morgan fingerprint density at radius 3 is 2.68 bits per heavy atom. The molecule has 1 aromatic heterocycles. The summed E-state index contributed by atoms with van der Waals surface area (Å²) in [6.45, 7) is 5.97. The van der Waals surface area contributed by atoms with Crippen LogP contribution < -0.4 is 0 Å². The molecule has 0 bridgehead atoms. The van der Waals surface area contributed by atoms with E-state index in [1.165, 1.54) is 24.1 Å². The first kappa shape index (κ1) is 19.6. The van der Waals surface area contributed by atoms with Crippen LogP contribution >= 0.6 is 11.3 Å². The van der Waals surface area contributed by atoms with Crippen molar-refractivity contribution in [3.8, 4) is 11.8 Å². The second-order valence-corrected chi connectivity index (χ2v) is 9.26. The second-order valence-electron chi connectivity index (χ2n) is 8.09. The summed E-state index contributed by atoms with van der Waals surface area (Å²) in [7, 11) is 0. The Labute approximate surface area is 170 Å². The van der Waals surface area contributed by atoms with Gasteiger partial charge in [-0.3, -0.25) is 9.80 Å². The van der Waals surface area contributed by atoms with Crippen LogP contribution in [-0.4, -0.2) is 47.7 Å². The van der Waals surface area contributed by atoms with Crippen LogP contribution in [0.25, 0.3) is 0 Å². The molecule has 0 aliphatic carbocycles. The lowest BCUT2D eigenvalue weighted by Gasteiger charge is -2.40. The molecule has 1 spiro atoms. The highest BCUT2D eigenvalue weighted by molar-refractivity contribution is 7.12. The summed E-state index contributed by atoms with van der Waals surface area (Å²) in [5, 5.41) is 8.83. The van der Waals surface area contributed by atoms with Crippen molar-refractivity contribution in [1.82, 2.24) is 9.80 Å². The number of hydrogen-bond donors (Lipinski definition) is 1. The van der Waals surface area contributed by atoms with Crippen LogP contribution in [0.5, 0.6) is 0 Å². The summed E-state index contributed by atoms with van der Waals surface area (Å²) in [6, 6.07) is 11.4. The van der Waals surface area contributed by atoms with Crippen molar-refractivity contribution in [1.29, 1.82) is 0 Å². The molecule has 4 rings (SSSR count). The van der Waals surface area contributed by atoms with Crippen molar-refractivity contribution < 1.29 is 9.50 Å². The lowest BCUT2D eigenvalue weighted by Crippen LogP contribution is -2.44. The lowest BCUT2D eigenvalue weighted by molar-refractivity contribution is 0.0859. The molecular weight excluding hydrogens is 371 g/mol. The van der Waals surface area contributed by atoms with Gasteiger partial charge in [-0.25, -0.2) is 4.39 Å². The fraction of sp³-hybridized carbons (Fsp3) is 0.478. The maximum atomic E-state index is 14.0. The van der Waals surface area contributed by atoms with E-state index in [-0.39, 0.29) is 12.4 Å². The molecule has 2 aliphatic rings. The minimum Gasteiger partial charge on any atom is -0.384 e. The van der Waals surface area contributed by atoms with Crippen LogP contribution in [0.4, 0.5) is 4.39 Å². The molecule has 5 heteroatoms. The highest BCUT2D eigenvalue weighted by atomic mass is 32.1. The molecule has 1 atom stereocenters. The normalized spacial score (nSPS) is 23.1. The molecule has 1 N–H and O–H groups in total. The van der Waals surface area contributed by atoms with Crippen molar-refractivity contribution in [2.24, 2.45) is 5.41 Å². The van der Waals surface area contributed by atoms with E-state index < -0.39 is 0 Å². The molecule has 148 valence electrons. The molecule has 0 unspecified atom stereocenters. The zero-order valence-electron chi connectivity index (χ0n) is 16.2.